The molecule has 3 saturated heterocycles. The number of rotatable bonds is 13. The Morgan fingerprint density at radius 1 is 0.957 bits per heavy atom. The van der Waals surface area contributed by atoms with Crippen molar-refractivity contribution in [1.29, 1.82) is 0 Å². The van der Waals surface area contributed by atoms with Gasteiger partial charge in [0.15, 0.2) is 17.7 Å². The monoisotopic (exact) mass is 984 g/mol. The van der Waals surface area contributed by atoms with E-state index in [0.29, 0.717) is 63.8 Å². The number of esters is 1. The van der Waals surface area contributed by atoms with E-state index in [4.69, 9.17) is 29.4 Å². The summed E-state index contributed by atoms with van der Waals surface area (Å²) in [4.78, 5) is 46.9. The highest BCUT2D eigenvalue weighted by Gasteiger charge is 2.59. The number of aliphatic hydroxyl groups excluding tert-OH is 1. The molecule has 16 nitrogen and oxygen atoms in total. The fraction of sp³-hybridized carbons (Fsp3) is 0.685. The average molecular weight is 984 g/mol. The van der Waals surface area contributed by atoms with Gasteiger partial charge in [-0.2, -0.15) is 0 Å². The number of benzene rings is 2. The van der Waals surface area contributed by atoms with E-state index >= 15 is 0 Å². The zero-order valence-corrected chi connectivity index (χ0v) is 40.0. The van der Waals surface area contributed by atoms with Crippen molar-refractivity contribution in [3.8, 4) is 11.3 Å². The molecule has 16 heteroatoms. The van der Waals surface area contributed by atoms with Crippen molar-refractivity contribution in [2.45, 2.75) is 191 Å². The maximum absolute atomic E-state index is 14.6. The number of methoxy groups -OCH3 is 1. The number of ether oxygens (including phenoxy) is 5. The van der Waals surface area contributed by atoms with Crippen LogP contribution in [0.2, 0.25) is 0 Å². The third-order valence-electron chi connectivity index (χ3n) is 14.0. The molecule has 3 unspecified atom stereocenters. The Kier molecular flexibility index (Phi) is 24.9. The van der Waals surface area contributed by atoms with Gasteiger partial charge >= 0.3 is 12.1 Å². The molecule has 13 atom stereocenters. The van der Waals surface area contributed by atoms with Gasteiger partial charge in [-0.1, -0.05) is 106 Å². The molecule has 1 amide bonds. The van der Waals surface area contributed by atoms with Gasteiger partial charge in [0.2, 0.25) is 0 Å². The molecule has 4 N–H and O–H groups in total. The zero-order chi connectivity index (χ0) is 47.2. The Morgan fingerprint density at radius 3 is 2.26 bits per heavy atom. The molecule has 0 saturated carbocycles. The normalized spacial score (nSPS) is 31.7. The van der Waals surface area contributed by atoms with Crippen molar-refractivity contribution < 1.29 is 43.2 Å². The number of aryl methyl sites for hydroxylation is 1. The summed E-state index contributed by atoms with van der Waals surface area (Å²) in [7, 11) is 5.41. The number of nitrogen functional groups attached to an aromatic ring is 1. The van der Waals surface area contributed by atoms with Gasteiger partial charge in [0.05, 0.1) is 30.0 Å². The topological polar surface area (TPSA) is 193 Å². The summed E-state index contributed by atoms with van der Waals surface area (Å²) in [5, 5.41) is 24.1. The fourth-order valence-corrected chi connectivity index (χ4v) is 10.3. The van der Waals surface area contributed by atoms with Crippen LogP contribution in [-0.4, -0.2) is 142 Å². The number of aromatic nitrogens is 3. The van der Waals surface area contributed by atoms with Gasteiger partial charge in [-0.15, -0.1) is 5.10 Å². The van der Waals surface area contributed by atoms with Gasteiger partial charge in [0, 0.05) is 49.5 Å². The number of anilines is 1. The summed E-state index contributed by atoms with van der Waals surface area (Å²) in [6.45, 7) is 14.4. The van der Waals surface area contributed by atoms with Crippen LogP contribution in [0.25, 0.3) is 11.3 Å². The Labute approximate surface area is 421 Å². The number of carbonyl (C=O) groups excluding carboxylic acids is 3. The van der Waals surface area contributed by atoms with Crippen LogP contribution in [0, 0.1) is 17.8 Å². The van der Waals surface area contributed by atoms with Gasteiger partial charge in [0.1, 0.15) is 23.8 Å². The van der Waals surface area contributed by atoms with E-state index in [2.05, 4.69) is 34.7 Å². The van der Waals surface area contributed by atoms with Crippen molar-refractivity contribution >= 4 is 23.5 Å². The maximum Gasteiger partial charge on any atom is 0.410 e. The average Bonchev–Trinajstić information content (AvgIpc) is 3.86. The lowest BCUT2D eigenvalue weighted by Crippen LogP contribution is -2.62. The molecule has 3 aliphatic heterocycles. The summed E-state index contributed by atoms with van der Waals surface area (Å²) < 4.78 is 33.9. The molecule has 0 radical (unpaired) electrons. The molecular weight excluding hydrogens is 891 g/mol. The van der Waals surface area contributed by atoms with Crippen molar-refractivity contribution in [2.24, 2.45) is 17.8 Å². The van der Waals surface area contributed by atoms with Crippen LogP contribution in [0.15, 0.2) is 60.8 Å². The SMILES string of the molecule is C.C.C.C.C.CC[C@H]1OC(=O)[C@H](C)C(=O)[C@H](C)[C@@H](O[C@@H]2OC(C)CC(N(C)C)C2O)[C@](C)(OC)C[C@@H](C)CN[C@H](Cc2ccccc2)[C@H]2N(CCCCn3cc(-c4cccc(N)c4)nn3)C(=O)O[C@]12C. The van der Waals surface area contributed by atoms with E-state index in [1.165, 1.54) is 0 Å². The Morgan fingerprint density at radius 2 is 1.63 bits per heavy atom. The van der Waals surface area contributed by atoms with E-state index < -0.39 is 71.5 Å². The van der Waals surface area contributed by atoms with Gasteiger partial charge in [-0.3, -0.25) is 19.2 Å². The van der Waals surface area contributed by atoms with Gasteiger partial charge in [-0.25, -0.2) is 4.79 Å². The van der Waals surface area contributed by atoms with Gasteiger partial charge in [-0.05, 0) is 110 Å². The van der Waals surface area contributed by atoms with Crippen LogP contribution >= 0.6 is 0 Å². The van der Waals surface area contributed by atoms with E-state index in [-0.39, 0.29) is 61.2 Å². The number of unbranched alkanes of at least 4 members (excludes halogenated alkanes) is 1. The highest BCUT2D eigenvalue weighted by molar-refractivity contribution is 6.00. The van der Waals surface area contributed by atoms with E-state index in [1.807, 2.05) is 95.4 Å². The molecule has 2 aromatic carbocycles. The van der Waals surface area contributed by atoms with Crippen LogP contribution in [-0.2, 0) is 46.2 Å². The lowest BCUT2D eigenvalue weighted by atomic mass is 9.78. The summed E-state index contributed by atoms with van der Waals surface area (Å²) in [6.07, 6.45) is 0.521. The number of hydrogen-bond acceptors (Lipinski definition) is 14. The molecule has 3 fully saturated rings. The van der Waals surface area contributed by atoms with Crippen LogP contribution in [0.4, 0.5) is 10.5 Å². The lowest BCUT2D eigenvalue weighted by molar-refractivity contribution is -0.295. The second-order valence-electron chi connectivity index (χ2n) is 19.3. The molecular formula is C54H93N7O9. The summed E-state index contributed by atoms with van der Waals surface area (Å²) >= 11 is 0. The quantitative estimate of drug-likeness (QED) is 0.0638. The first kappa shape index (κ1) is 63.6. The molecule has 0 bridgehead atoms. The number of nitrogens with one attached hydrogen (secondary N) is 1. The molecule has 70 heavy (non-hydrogen) atoms. The molecule has 3 aromatic rings. The number of aliphatic hydroxyl groups is 1. The van der Waals surface area contributed by atoms with E-state index in [9.17, 15) is 19.5 Å². The fourth-order valence-electron chi connectivity index (χ4n) is 10.3. The number of ketones is 1. The first-order chi connectivity index (χ1) is 30.9. The summed E-state index contributed by atoms with van der Waals surface area (Å²) in [5.41, 5.74) is 6.93. The molecule has 398 valence electrons. The number of Topliss-reactive ketones (excluding diaryl/α,β-unsaturated/α-hetero) is 1. The second kappa shape index (κ2) is 27.4. The maximum atomic E-state index is 14.6. The van der Waals surface area contributed by atoms with E-state index in [1.54, 1.807) is 30.5 Å². The highest BCUT2D eigenvalue weighted by Crippen LogP contribution is 2.41. The van der Waals surface area contributed by atoms with E-state index in [0.717, 1.165) is 16.8 Å². The smallest absolute Gasteiger partial charge is 0.410 e. The van der Waals surface area contributed by atoms with Gasteiger partial charge < -0.3 is 44.7 Å². The molecule has 1 aromatic heterocycles. The minimum Gasteiger partial charge on any atom is -0.458 e. The van der Waals surface area contributed by atoms with Crippen molar-refractivity contribution in [2.75, 3.05) is 40.0 Å². The molecule has 0 aliphatic carbocycles. The second-order valence-corrected chi connectivity index (χ2v) is 19.3. The number of hydrogen-bond donors (Lipinski definition) is 3. The van der Waals surface area contributed by atoms with Crippen LogP contribution < -0.4 is 11.1 Å². The van der Waals surface area contributed by atoms with Crippen molar-refractivity contribution in [3.63, 3.8) is 0 Å². The predicted molar refractivity (Wildman–Crippen MR) is 280 cm³/mol. The number of cyclic esters (lactones) is 1. The zero-order valence-electron chi connectivity index (χ0n) is 40.0. The standard InChI is InChI=1S/C49H73N7O9.5CH4/c1-11-40-49(7)43(56(47(60)65-49)23-16-15-22-55-29-38(52-53-55)35-20-17-21-36(50)26-35)37(25-34-18-13-12-14-19-34)51-28-30(2)27-48(6,61-10)44(32(4)41(57)33(5)45(59)63-40)64-46-42(58)39(54(8)9)24-31(3)62-46;;;;;/h12-14,17-21,26,29-33,37,39-40,42-44,46,51,58H,11,15-16,22-25,27-28,50H2,1-10H3;5*1H4/t30-,31?,32+,33-,37-,39?,40-,42?,43-,44-,46+,48-,49-;;;;;/m1...../s1. The first-order valence-corrected chi connectivity index (χ1v) is 23.4. The third-order valence-corrected chi connectivity index (χ3v) is 14.0. The lowest BCUT2D eigenvalue weighted by Gasteiger charge is -2.46. The Balaban J connectivity index is 0.00000490. The van der Waals surface area contributed by atoms with Gasteiger partial charge in [0.25, 0.3) is 0 Å². The summed E-state index contributed by atoms with van der Waals surface area (Å²) in [5.74, 6) is -3.27. The number of amides is 1. The number of nitrogens with zero attached hydrogens (tertiary/aromatic N) is 5. The number of fused-ring (bicyclic) bond motifs is 1. The largest absolute Gasteiger partial charge is 0.458 e. The minimum atomic E-state index is -1.30. The molecule has 4 heterocycles. The summed E-state index contributed by atoms with van der Waals surface area (Å²) in [6, 6.07) is 16.4. The molecule has 6 rings (SSSR count). The highest BCUT2D eigenvalue weighted by atomic mass is 16.7. The third kappa shape index (κ3) is 14.4. The first-order valence-electron chi connectivity index (χ1n) is 23.4. The number of nitrogens with two attached hydrogens (primary N) is 1. The Hall–Kier alpha value is -4.45. The van der Waals surface area contributed by atoms with Crippen molar-refractivity contribution in [1.82, 2.24) is 30.1 Å². The van der Waals surface area contributed by atoms with Crippen LogP contribution in [0.5, 0.6) is 0 Å². The molecule has 0 spiro atoms. The molecule has 3 aliphatic rings. The van der Waals surface area contributed by atoms with Crippen LogP contribution in [0.3, 0.4) is 0 Å². The minimum absolute atomic E-state index is 0. The van der Waals surface area contributed by atoms with Crippen LogP contribution in [0.1, 0.15) is 123 Å². The van der Waals surface area contributed by atoms with Crippen molar-refractivity contribution in [3.05, 3.63) is 66.4 Å². The number of carbonyl (C=O) groups is 3. The predicted octanol–water partition coefficient (Wildman–Crippen LogP) is 8.69. The Bertz CT molecular complexity index is 2060. The number of likely N-dealkylation sites (N-methyl/N-ethyl adjacent to an activating group) is 1.